The van der Waals surface area contributed by atoms with Crippen LogP contribution in [0.5, 0.6) is 0 Å². The Hall–Kier alpha value is -3.66. The Morgan fingerprint density at radius 3 is 2.41 bits per heavy atom. The maximum Gasteiger partial charge on any atom is 0.335 e. The predicted octanol–water partition coefficient (Wildman–Crippen LogP) is 2.19. The number of carbonyl (C=O) groups excluding carboxylic acids is 2. The average molecular weight is 416 g/mol. The first-order valence-electron chi connectivity index (χ1n) is 8.14. The third-order valence-electron chi connectivity index (χ3n) is 3.97. The van der Waals surface area contributed by atoms with Gasteiger partial charge in [-0.15, -0.1) is 0 Å². The summed E-state index contributed by atoms with van der Waals surface area (Å²) in [4.78, 5) is 38.9. The molecule has 1 amide bonds. The number of aromatic carboxylic acids is 1. The summed E-state index contributed by atoms with van der Waals surface area (Å²) in [5.74, 6) is -3.39. The Balaban J connectivity index is 1.87. The number of carbonyl (C=O) groups is 3. The van der Waals surface area contributed by atoms with Crippen LogP contribution < -0.4 is 5.32 Å². The quantitative estimate of drug-likeness (QED) is 0.786. The van der Waals surface area contributed by atoms with Crippen molar-refractivity contribution in [2.24, 2.45) is 4.99 Å². The van der Waals surface area contributed by atoms with E-state index in [-0.39, 0.29) is 16.8 Å². The van der Waals surface area contributed by atoms with Gasteiger partial charge in [0.2, 0.25) is 14.9 Å². The second-order valence-corrected chi connectivity index (χ2v) is 7.85. The molecule has 0 atom stereocenters. The average Bonchev–Trinajstić information content (AvgIpc) is 2.69. The number of carboxylic acids is 1. The number of ketones is 1. The molecule has 0 spiro atoms. The molecule has 2 N–H and O–H groups in total. The van der Waals surface area contributed by atoms with Gasteiger partial charge >= 0.3 is 5.97 Å². The summed E-state index contributed by atoms with van der Waals surface area (Å²) >= 11 is 0. The van der Waals surface area contributed by atoms with Crippen molar-refractivity contribution in [2.75, 3.05) is 5.32 Å². The van der Waals surface area contributed by atoms with E-state index in [9.17, 15) is 27.2 Å². The molecule has 148 valence electrons. The van der Waals surface area contributed by atoms with E-state index in [2.05, 4.69) is 10.3 Å². The first kappa shape index (κ1) is 20.1. The molecule has 1 aliphatic rings. The van der Waals surface area contributed by atoms with Gasteiger partial charge in [-0.3, -0.25) is 9.59 Å². The van der Waals surface area contributed by atoms with E-state index in [1.807, 2.05) is 0 Å². The molecule has 29 heavy (non-hydrogen) atoms. The van der Waals surface area contributed by atoms with Gasteiger partial charge in [-0.2, -0.15) is 0 Å². The fourth-order valence-electron chi connectivity index (χ4n) is 2.51. The number of aliphatic imine (C=N–C) groups is 1. The molecule has 0 fully saturated rings. The number of amides is 1. The van der Waals surface area contributed by atoms with Crippen molar-refractivity contribution in [3.63, 3.8) is 0 Å². The first-order valence-corrected chi connectivity index (χ1v) is 9.62. The smallest absolute Gasteiger partial charge is 0.335 e. The Labute approximate surface area is 164 Å². The summed E-state index contributed by atoms with van der Waals surface area (Å²) in [5.41, 5.74) is -0.0416. The predicted molar refractivity (Wildman–Crippen MR) is 101 cm³/mol. The van der Waals surface area contributed by atoms with Crippen molar-refractivity contribution >= 4 is 38.2 Å². The van der Waals surface area contributed by atoms with Crippen molar-refractivity contribution in [3.8, 4) is 0 Å². The van der Waals surface area contributed by atoms with Crippen molar-refractivity contribution in [1.29, 1.82) is 0 Å². The normalized spacial score (nSPS) is 14.0. The number of nitrogens with zero attached hydrogens (tertiary/aromatic N) is 1. The van der Waals surface area contributed by atoms with Crippen LogP contribution in [0.2, 0.25) is 0 Å². The lowest BCUT2D eigenvalue weighted by Gasteiger charge is -2.13. The number of Topliss-reactive ketones (excluding diaryl/α,β-unsaturated/α-hetero) is 1. The van der Waals surface area contributed by atoms with Crippen molar-refractivity contribution < 1.29 is 32.3 Å². The summed E-state index contributed by atoms with van der Waals surface area (Å²) in [5, 5.41) is 10.7. The molecule has 0 radical (unpaired) electrons. The van der Waals surface area contributed by atoms with Gasteiger partial charge in [-0.1, -0.05) is 6.07 Å². The van der Waals surface area contributed by atoms with Gasteiger partial charge in [0.15, 0.2) is 5.78 Å². The second kappa shape index (κ2) is 7.76. The van der Waals surface area contributed by atoms with Crippen LogP contribution in [0.4, 0.5) is 10.1 Å². The number of carboxylic acid groups (broad SMARTS) is 1. The highest BCUT2D eigenvalue weighted by Gasteiger charge is 2.33. The van der Waals surface area contributed by atoms with E-state index in [0.717, 1.165) is 30.5 Å². The minimum Gasteiger partial charge on any atom is -0.478 e. The number of hydrogen-bond donors (Lipinski definition) is 2. The van der Waals surface area contributed by atoms with E-state index in [4.69, 9.17) is 5.11 Å². The molecule has 2 aromatic rings. The molecule has 2 aromatic carbocycles. The number of sulfone groups is 1. The zero-order valence-electron chi connectivity index (χ0n) is 14.6. The number of hydrogen-bond acceptors (Lipinski definition) is 6. The van der Waals surface area contributed by atoms with Crippen molar-refractivity contribution in [2.45, 2.75) is 11.3 Å². The van der Waals surface area contributed by atoms with Gasteiger partial charge in [0.05, 0.1) is 10.5 Å². The number of nitrogens with one attached hydrogen (secondary N) is 1. The van der Waals surface area contributed by atoms with E-state index in [1.165, 1.54) is 24.3 Å². The van der Waals surface area contributed by atoms with Crippen LogP contribution in [-0.4, -0.2) is 36.2 Å². The van der Waals surface area contributed by atoms with Gasteiger partial charge in [-0.25, -0.2) is 22.6 Å². The van der Waals surface area contributed by atoms with Crippen molar-refractivity contribution in [1.82, 2.24) is 0 Å². The molecule has 0 bridgehead atoms. The van der Waals surface area contributed by atoms with Crippen molar-refractivity contribution in [3.05, 3.63) is 71.7 Å². The monoisotopic (exact) mass is 416 g/mol. The van der Waals surface area contributed by atoms with Crippen LogP contribution in [0.3, 0.4) is 0 Å². The van der Waals surface area contributed by atoms with Gasteiger partial charge in [0.1, 0.15) is 5.82 Å². The summed E-state index contributed by atoms with van der Waals surface area (Å²) in [6.07, 6.45) is 0.456. The van der Waals surface area contributed by atoms with Gasteiger partial charge in [0, 0.05) is 23.9 Å². The highest BCUT2D eigenvalue weighted by atomic mass is 32.2. The van der Waals surface area contributed by atoms with Gasteiger partial charge < -0.3 is 10.4 Å². The molecule has 10 heteroatoms. The lowest BCUT2D eigenvalue weighted by Crippen LogP contribution is -2.29. The maximum atomic E-state index is 12.9. The van der Waals surface area contributed by atoms with E-state index >= 15 is 0 Å². The Kier molecular flexibility index (Phi) is 5.37. The molecule has 0 unspecified atom stereocenters. The lowest BCUT2D eigenvalue weighted by atomic mass is 10.1. The zero-order valence-corrected chi connectivity index (χ0v) is 15.4. The number of anilines is 1. The van der Waals surface area contributed by atoms with E-state index in [0.29, 0.717) is 0 Å². The number of benzene rings is 2. The zero-order chi connectivity index (χ0) is 21.2. The van der Waals surface area contributed by atoms with E-state index in [1.54, 1.807) is 0 Å². The molecule has 3 rings (SSSR count). The topological polar surface area (TPSA) is 130 Å². The minimum atomic E-state index is -4.36. The maximum absolute atomic E-state index is 12.9. The number of halogens is 1. The fraction of sp³-hybridized carbons (Fsp3) is 0.0526. The standard InChI is InChI=1S/C19H13FN2O6S/c20-13-4-6-14(7-5-13)22-17(24)12-9-16(23)18(21-10-12)29(27,28)15-3-1-2-11(8-15)19(25)26/h1-8,10H,9H2,(H,22,24)(H,25,26). The third kappa shape index (κ3) is 4.27. The van der Waals surface area contributed by atoms with Crippen LogP contribution in [0, 0.1) is 5.82 Å². The first-order chi connectivity index (χ1) is 13.7. The number of rotatable bonds is 4. The molecule has 1 aliphatic heterocycles. The van der Waals surface area contributed by atoms with Crippen LogP contribution in [0.1, 0.15) is 16.8 Å². The molecule has 1 heterocycles. The summed E-state index contributed by atoms with van der Waals surface area (Å²) in [6, 6.07) is 9.46. The Morgan fingerprint density at radius 1 is 1.10 bits per heavy atom. The molecule has 0 aliphatic carbocycles. The minimum absolute atomic E-state index is 0.0717. The highest BCUT2D eigenvalue weighted by Crippen LogP contribution is 2.21. The molecular formula is C19H13FN2O6S. The second-order valence-electron chi connectivity index (χ2n) is 5.99. The fourth-order valence-corrected chi connectivity index (χ4v) is 3.84. The highest BCUT2D eigenvalue weighted by molar-refractivity contribution is 8.08. The molecular weight excluding hydrogens is 403 g/mol. The largest absolute Gasteiger partial charge is 0.478 e. The molecule has 8 nitrogen and oxygen atoms in total. The van der Waals surface area contributed by atoms with Gasteiger partial charge in [0.25, 0.3) is 5.91 Å². The van der Waals surface area contributed by atoms with Crippen LogP contribution >= 0.6 is 0 Å². The lowest BCUT2D eigenvalue weighted by molar-refractivity contribution is -0.116. The summed E-state index contributed by atoms with van der Waals surface area (Å²) in [7, 11) is -4.36. The Bertz CT molecular complexity index is 1180. The van der Waals surface area contributed by atoms with Crippen LogP contribution in [0.25, 0.3) is 0 Å². The third-order valence-corrected chi connectivity index (χ3v) is 5.68. The molecule has 0 saturated heterocycles. The molecule has 0 saturated carbocycles. The van der Waals surface area contributed by atoms with Crippen LogP contribution in [-0.2, 0) is 19.4 Å². The van der Waals surface area contributed by atoms with E-state index < -0.39 is 49.7 Å². The van der Waals surface area contributed by atoms with Crippen LogP contribution in [0.15, 0.2) is 70.2 Å². The summed E-state index contributed by atoms with van der Waals surface area (Å²) < 4.78 is 38.2. The Morgan fingerprint density at radius 2 is 1.79 bits per heavy atom. The van der Waals surface area contributed by atoms with Gasteiger partial charge in [-0.05, 0) is 42.5 Å². The SMILES string of the molecule is O=C1CC(C(=O)Nc2ccc(F)cc2)=CN=C1S(=O)(=O)c1cccc(C(=O)O)c1. The summed E-state index contributed by atoms with van der Waals surface area (Å²) in [6.45, 7) is 0. The molecule has 0 aromatic heterocycles.